The van der Waals surface area contributed by atoms with Crippen LogP contribution in [0, 0.1) is 0 Å². The number of rotatable bonds is 12. The summed E-state index contributed by atoms with van der Waals surface area (Å²) in [4.78, 5) is 21.4. The minimum atomic E-state index is -0.191. The summed E-state index contributed by atoms with van der Waals surface area (Å²) < 4.78 is 13.0. The van der Waals surface area contributed by atoms with Crippen LogP contribution in [0.4, 0.5) is 5.82 Å². The Hall–Kier alpha value is -4.14. The van der Waals surface area contributed by atoms with E-state index in [0.717, 1.165) is 29.8 Å². The number of carbonyl (C=O) groups is 1. The molecule has 9 nitrogen and oxygen atoms in total. The van der Waals surface area contributed by atoms with Crippen molar-refractivity contribution in [2.75, 3.05) is 31.6 Å². The normalized spacial score (nSPS) is 10.8. The highest BCUT2D eigenvalue weighted by molar-refractivity contribution is 5.94. The number of benzene rings is 2. The lowest BCUT2D eigenvalue weighted by Crippen LogP contribution is -2.27. The number of carbonyl (C=O) groups excluding carboxylic acids is 1. The Balaban J connectivity index is 1.35. The van der Waals surface area contributed by atoms with Crippen molar-refractivity contribution in [3.8, 4) is 11.5 Å². The summed E-state index contributed by atoms with van der Waals surface area (Å²) in [5.41, 5.74) is 2.49. The van der Waals surface area contributed by atoms with Crippen LogP contribution in [-0.2, 0) is 13.0 Å². The summed E-state index contributed by atoms with van der Waals surface area (Å²) in [5, 5.41) is 11.6. The number of amides is 1. The summed E-state index contributed by atoms with van der Waals surface area (Å²) >= 11 is 0. The summed E-state index contributed by atoms with van der Waals surface area (Å²) in [6.07, 6.45) is 4.17. The second kappa shape index (κ2) is 11.8. The highest BCUT2D eigenvalue weighted by Crippen LogP contribution is 2.28. The van der Waals surface area contributed by atoms with Gasteiger partial charge < -0.3 is 20.1 Å². The highest BCUT2D eigenvalue weighted by atomic mass is 16.5. The monoisotopic (exact) mass is 474 g/mol. The molecule has 0 fully saturated rings. The zero-order chi connectivity index (χ0) is 24.5. The molecule has 0 unspecified atom stereocenters. The summed E-state index contributed by atoms with van der Waals surface area (Å²) in [6, 6.07) is 15.5. The van der Waals surface area contributed by atoms with Gasteiger partial charge in [0.1, 0.15) is 12.1 Å². The first-order valence-corrected chi connectivity index (χ1v) is 11.8. The minimum absolute atomic E-state index is 0.191. The fourth-order valence-electron chi connectivity index (χ4n) is 3.74. The van der Waals surface area contributed by atoms with Crippen molar-refractivity contribution < 1.29 is 14.3 Å². The molecule has 9 heteroatoms. The third kappa shape index (κ3) is 6.06. The van der Waals surface area contributed by atoms with Crippen LogP contribution < -0.4 is 20.1 Å². The third-order valence-corrected chi connectivity index (χ3v) is 5.40. The van der Waals surface area contributed by atoms with Crippen LogP contribution >= 0.6 is 0 Å². The van der Waals surface area contributed by atoms with Gasteiger partial charge in [0.2, 0.25) is 0 Å². The molecule has 35 heavy (non-hydrogen) atoms. The minimum Gasteiger partial charge on any atom is -0.490 e. The Labute approximate surface area is 204 Å². The van der Waals surface area contributed by atoms with Gasteiger partial charge in [-0.05, 0) is 44.0 Å². The van der Waals surface area contributed by atoms with Gasteiger partial charge in [-0.1, -0.05) is 30.3 Å². The van der Waals surface area contributed by atoms with Crippen LogP contribution in [0.5, 0.6) is 11.5 Å². The molecule has 2 aromatic heterocycles. The molecule has 0 saturated heterocycles. The number of nitrogens with one attached hydrogen (secondary N) is 2. The Kier molecular flexibility index (Phi) is 8.11. The smallest absolute Gasteiger partial charge is 0.251 e. The van der Waals surface area contributed by atoms with Gasteiger partial charge in [-0.2, -0.15) is 5.10 Å². The van der Waals surface area contributed by atoms with Crippen LogP contribution in [0.1, 0.15) is 29.8 Å². The van der Waals surface area contributed by atoms with E-state index in [1.54, 1.807) is 29.1 Å². The first kappa shape index (κ1) is 24.0. The van der Waals surface area contributed by atoms with Crippen LogP contribution in [0.15, 0.2) is 61.1 Å². The molecule has 0 aliphatic carbocycles. The van der Waals surface area contributed by atoms with E-state index in [1.807, 2.05) is 32.0 Å². The van der Waals surface area contributed by atoms with E-state index < -0.39 is 0 Å². The molecule has 0 aliphatic rings. The maximum absolute atomic E-state index is 12.7. The first-order chi connectivity index (χ1) is 17.2. The van der Waals surface area contributed by atoms with Crippen LogP contribution in [0.3, 0.4) is 0 Å². The largest absolute Gasteiger partial charge is 0.490 e. The number of ether oxygens (including phenoxy) is 2. The molecule has 4 aromatic rings. The second-order valence-corrected chi connectivity index (χ2v) is 7.77. The molecular weight excluding hydrogens is 444 g/mol. The van der Waals surface area contributed by atoms with Crippen LogP contribution in [0.25, 0.3) is 11.0 Å². The van der Waals surface area contributed by atoms with Crippen LogP contribution in [0.2, 0.25) is 0 Å². The number of aromatic nitrogens is 4. The molecule has 0 aliphatic heterocycles. The van der Waals surface area contributed by atoms with E-state index in [9.17, 15) is 4.79 Å². The number of hydrogen-bond donors (Lipinski definition) is 2. The van der Waals surface area contributed by atoms with Gasteiger partial charge in [-0.25, -0.2) is 14.6 Å². The molecular formula is C26H30N6O3. The average molecular weight is 475 g/mol. The third-order valence-electron chi connectivity index (χ3n) is 5.40. The summed E-state index contributed by atoms with van der Waals surface area (Å²) in [7, 11) is 0. The summed E-state index contributed by atoms with van der Waals surface area (Å²) in [5.74, 6) is 1.74. The first-order valence-electron chi connectivity index (χ1n) is 11.8. The highest BCUT2D eigenvalue weighted by Gasteiger charge is 2.13. The lowest BCUT2D eigenvalue weighted by atomic mass is 10.1. The molecule has 0 radical (unpaired) electrons. The standard InChI is InChI=1S/C26H30N6O3/c1-3-34-22-11-10-20(16-23(22)35-4-2)26(33)28-14-15-32-25-21(17-31-32)24(29-18-30-25)27-13-12-19-8-6-5-7-9-19/h5-11,16-18H,3-4,12-15H2,1-2H3,(H,28,33)(H,27,29,30). The van der Waals surface area contributed by atoms with Gasteiger partial charge in [0.15, 0.2) is 17.1 Å². The Bertz CT molecular complexity index is 1260. The maximum Gasteiger partial charge on any atom is 0.251 e. The molecule has 0 saturated carbocycles. The van der Waals surface area contributed by atoms with Gasteiger partial charge in [-0.15, -0.1) is 0 Å². The fraction of sp³-hybridized carbons (Fsp3) is 0.308. The average Bonchev–Trinajstić information content (AvgIpc) is 3.30. The Morgan fingerprint density at radius 2 is 1.77 bits per heavy atom. The van der Waals surface area contributed by atoms with E-state index in [0.29, 0.717) is 43.4 Å². The van der Waals surface area contributed by atoms with E-state index in [1.165, 1.54) is 11.9 Å². The zero-order valence-corrected chi connectivity index (χ0v) is 20.0. The van der Waals surface area contributed by atoms with Crippen molar-refractivity contribution in [1.82, 2.24) is 25.1 Å². The molecule has 0 bridgehead atoms. The van der Waals surface area contributed by atoms with Gasteiger partial charge >= 0.3 is 0 Å². The predicted octanol–water partition coefficient (Wildman–Crippen LogP) is 3.71. The molecule has 2 heterocycles. The van der Waals surface area contributed by atoms with E-state index in [-0.39, 0.29) is 5.91 Å². The Morgan fingerprint density at radius 1 is 0.971 bits per heavy atom. The number of anilines is 1. The van der Waals surface area contributed by atoms with Crippen molar-refractivity contribution >= 4 is 22.8 Å². The lowest BCUT2D eigenvalue weighted by Gasteiger charge is -2.12. The predicted molar refractivity (Wildman–Crippen MR) is 135 cm³/mol. The van der Waals surface area contributed by atoms with E-state index in [2.05, 4.69) is 37.8 Å². The van der Waals surface area contributed by atoms with Gasteiger partial charge in [0.05, 0.1) is 31.3 Å². The lowest BCUT2D eigenvalue weighted by molar-refractivity contribution is 0.0951. The number of fused-ring (bicyclic) bond motifs is 1. The molecule has 0 spiro atoms. The maximum atomic E-state index is 12.7. The quantitative estimate of drug-likeness (QED) is 0.323. The molecule has 2 N–H and O–H groups in total. The van der Waals surface area contributed by atoms with Crippen molar-refractivity contribution in [3.63, 3.8) is 0 Å². The number of hydrogen-bond acceptors (Lipinski definition) is 7. The zero-order valence-electron chi connectivity index (χ0n) is 20.0. The number of nitrogens with zero attached hydrogens (tertiary/aromatic N) is 4. The molecule has 182 valence electrons. The molecule has 2 aromatic carbocycles. The van der Waals surface area contributed by atoms with Gasteiger partial charge in [0.25, 0.3) is 5.91 Å². The summed E-state index contributed by atoms with van der Waals surface area (Å²) in [6.45, 7) is 6.44. The second-order valence-electron chi connectivity index (χ2n) is 7.77. The fourth-order valence-corrected chi connectivity index (χ4v) is 3.74. The topological polar surface area (TPSA) is 103 Å². The van der Waals surface area contributed by atoms with Crippen molar-refractivity contribution in [2.24, 2.45) is 0 Å². The van der Waals surface area contributed by atoms with Crippen molar-refractivity contribution in [1.29, 1.82) is 0 Å². The van der Waals surface area contributed by atoms with Crippen molar-refractivity contribution in [2.45, 2.75) is 26.8 Å². The van der Waals surface area contributed by atoms with E-state index in [4.69, 9.17) is 9.47 Å². The molecule has 4 rings (SSSR count). The van der Waals surface area contributed by atoms with E-state index >= 15 is 0 Å². The SMILES string of the molecule is CCOc1ccc(C(=O)NCCn2ncc3c(NCCc4ccccc4)ncnc32)cc1OCC. The van der Waals surface area contributed by atoms with Crippen molar-refractivity contribution in [3.05, 3.63) is 72.2 Å². The van der Waals surface area contributed by atoms with Crippen LogP contribution in [-0.4, -0.2) is 52.0 Å². The molecule has 0 atom stereocenters. The Morgan fingerprint density at radius 3 is 2.57 bits per heavy atom. The molecule has 1 amide bonds. The van der Waals surface area contributed by atoms with Gasteiger partial charge in [-0.3, -0.25) is 4.79 Å². The van der Waals surface area contributed by atoms with Gasteiger partial charge in [0, 0.05) is 18.7 Å².